The summed E-state index contributed by atoms with van der Waals surface area (Å²) in [4.78, 5) is 7.77. The summed E-state index contributed by atoms with van der Waals surface area (Å²) in [6.45, 7) is 0. The summed E-state index contributed by atoms with van der Waals surface area (Å²) in [5, 5.41) is 1.61. The van der Waals surface area contributed by atoms with Crippen LogP contribution in [-0.4, -0.2) is 9.97 Å². The van der Waals surface area contributed by atoms with Crippen LogP contribution < -0.4 is 5.73 Å². The summed E-state index contributed by atoms with van der Waals surface area (Å²) in [5.41, 5.74) is 9.57. The SMILES string of the molecule is Nc1ccc(CSc2nc3ccc(Cl)cc3[nH]2)cc1. The molecule has 1 heterocycles. The maximum Gasteiger partial charge on any atom is 0.166 e. The molecule has 1 aromatic heterocycles. The molecule has 0 aliphatic rings. The van der Waals surface area contributed by atoms with Crippen molar-refractivity contribution in [3.8, 4) is 0 Å². The minimum atomic E-state index is 0.714. The smallest absolute Gasteiger partial charge is 0.166 e. The third-order valence-corrected chi connectivity index (χ3v) is 3.96. The number of aromatic amines is 1. The molecule has 0 atom stereocenters. The van der Waals surface area contributed by atoms with Gasteiger partial charge in [-0.05, 0) is 35.9 Å². The van der Waals surface area contributed by atoms with Crippen molar-refractivity contribution in [3.05, 3.63) is 53.1 Å². The van der Waals surface area contributed by atoms with Gasteiger partial charge in [0.05, 0.1) is 11.0 Å². The number of H-pyrrole nitrogens is 1. The van der Waals surface area contributed by atoms with Crippen LogP contribution in [0.5, 0.6) is 0 Å². The second-order valence-corrected chi connectivity index (χ2v) is 5.63. The highest BCUT2D eigenvalue weighted by Gasteiger charge is 2.04. The van der Waals surface area contributed by atoms with Crippen molar-refractivity contribution in [3.63, 3.8) is 0 Å². The van der Waals surface area contributed by atoms with E-state index in [-0.39, 0.29) is 0 Å². The Hall–Kier alpha value is -1.65. The highest BCUT2D eigenvalue weighted by molar-refractivity contribution is 7.98. The van der Waals surface area contributed by atoms with Crippen LogP contribution in [0.2, 0.25) is 5.02 Å². The van der Waals surface area contributed by atoms with E-state index in [4.69, 9.17) is 17.3 Å². The van der Waals surface area contributed by atoms with E-state index in [9.17, 15) is 0 Å². The van der Waals surface area contributed by atoms with Gasteiger partial charge in [0.15, 0.2) is 5.16 Å². The molecular weight excluding hydrogens is 278 g/mol. The number of imidazole rings is 1. The minimum absolute atomic E-state index is 0.714. The fourth-order valence-electron chi connectivity index (χ4n) is 1.79. The molecule has 3 rings (SSSR count). The normalized spacial score (nSPS) is 11.0. The zero-order valence-corrected chi connectivity index (χ0v) is 11.6. The molecule has 0 unspecified atom stereocenters. The van der Waals surface area contributed by atoms with Gasteiger partial charge in [-0.25, -0.2) is 4.98 Å². The molecule has 0 bridgehead atoms. The van der Waals surface area contributed by atoms with E-state index < -0.39 is 0 Å². The molecular formula is C14H12ClN3S. The zero-order valence-electron chi connectivity index (χ0n) is 10.1. The Bertz CT molecular complexity index is 706. The van der Waals surface area contributed by atoms with Crippen LogP contribution >= 0.6 is 23.4 Å². The average Bonchev–Trinajstić information content (AvgIpc) is 2.80. The van der Waals surface area contributed by atoms with Crippen LogP contribution in [0.1, 0.15) is 5.56 Å². The van der Waals surface area contributed by atoms with E-state index in [1.54, 1.807) is 11.8 Å². The fourth-order valence-corrected chi connectivity index (χ4v) is 2.81. The summed E-state index contributed by atoms with van der Waals surface area (Å²) in [7, 11) is 0. The second-order valence-electron chi connectivity index (χ2n) is 4.23. The van der Waals surface area contributed by atoms with Crippen LogP contribution in [0.4, 0.5) is 5.69 Å². The van der Waals surface area contributed by atoms with Gasteiger partial charge in [0.1, 0.15) is 0 Å². The Morgan fingerprint density at radius 3 is 2.74 bits per heavy atom. The summed E-state index contributed by atoms with van der Waals surface area (Å²) >= 11 is 7.61. The van der Waals surface area contributed by atoms with Crippen LogP contribution in [0.3, 0.4) is 0 Å². The van der Waals surface area contributed by atoms with Gasteiger partial charge in [-0.15, -0.1) is 0 Å². The molecule has 19 heavy (non-hydrogen) atoms. The molecule has 0 saturated carbocycles. The number of fused-ring (bicyclic) bond motifs is 1. The predicted octanol–water partition coefficient (Wildman–Crippen LogP) is 4.09. The van der Waals surface area contributed by atoms with Gasteiger partial charge >= 0.3 is 0 Å². The number of anilines is 1. The van der Waals surface area contributed by atoms with E-state index in [0.29, 0.717) is 5.02 Å². The lowest BCUT2D eigenvalue weighted by molar-refractivity contribution is 1.08. The topological polar surface area (TPSA) is 54.7 Å². The standard InChI is InChI=1S/C14H12ClN3S/c15-10-3-6-12-13(7-10)18-14(17-12)19-8-9-1-4-11(16)5-2-9/h1-7H,8,16H2,(H,17,18). The highest BCUT2D eigenvalue weighted by atomic mass is 35.5. The van der Waals surface area contributed by atoms with Crippen molar-refractivity contribution in [1.29, 1.82) is 0 Å². The molecule has 0 saturated heterocycles. The lowest BCUT2D eigenvalue weighted by Gasteiger charge is -1.99. The first-order chi connectivity index (χ1) is 9.20. The minimum Gasteiger partial charge on any atom is -0.399 e. The van der Waals surface area contributed by atoms with E-state index in [0.717, 1.165) is 27.6 Å². The third kappa shape index (κ3) is 2.85. The van der Waals surface area contributed by atoms with Gasteiger partial charge in [0.2, 0.25) is 0 Å². The molecule has 3 nitrogen and oxygen atoms in total. The Kier molecular flexibility index (Phi) is 3.36. The van der Waals surface area contributed by atoms with E-state index >= 15 is 0 Å². The molecule has 0 spiro atoms. The third-order valence-electron chi connectivity index (χ3n) is 2.78. The summed E-state index contributed by atoms with van der Waals surface area (Å²) in [6.07, 6.45) is 0. The quantitative estimate of drug-likeness (QED) is 0.564. The molecule has 0 radical (unpaired) electrons. The van der Waals surface area contributed by atoms with Gasteiger partial charge in [0.25, 0.3) is 0 Å². The average molecular weight is 290 g/mol. The maximum absolute atomic E-state index is 5.95. The first-order valence-corrected chi connectivity index (χ1v) is 7.19. The highest BCUT2D eigenvalue weighted by Crippen LogP contribution is 2.24. The Balaban J connectivity index is 1.76. The number of nitrogens with two attached hydrogens (primary N) is 1. The molecule has 96 valence electrons. The van der Waals surface area contributed by atoms with Crippen LogP contribution in [0.15, 0.2) is 47.6 Å². The van der Waals surface area contributed by atoms with Crippen molar-refractivity contribution in [1.82, 2.24) is 9.97 Å². The first-order valence-electron chi connectivity index (χ1n) is 5.83. The van der Waals surface area contributed by atoms with Gasteiger partial charge in [-0.2, -0.15) is 0 Å². The predicted molar refractivity (Wildman–Crippen MR) is 81.5 cm³/mol. The summed E-state index contributed by atoms with van der Waals surface area (Å²) < 4.78 is 0. The van der Waals surface area contributed by atoms with Gasteiger partial charge < -0.3 is 10.7 Å². The number of nitrogen functional groups attached to an aromatic ring is 1. The van der Waals surface area contributed by atoms with E-state index in [1.165, 1.54) is 5.56 Å². The number of hydrogen-bond acceptors (Lipinski definition) is 3. The molecule has 0 aliphatic carbocycles. The van der Waals surface area contributed by atoms with Crippen LogP contribution in [-0.2, 0) is 5.75 Å². The number of benzene rings is 2. The lowest BCUT2D eigenvalue weighted by atomic mass is 10.2. The molecule has 0 fully saturated rings. The van der Waals surface area contributed by atoms with Crippen molar-refractivity contribution in [2.45, 2.75) is 10.9 Å². The number of nitrogens with zero attached hydrogens (tertiary/aromatic N) is 1. The Labute approximate surface area is 120 Å². The summed E-state index contributed by atoms with van der Waals surface area (Å²) in [6, 6.07) is 13.5. The molecule has 5 heteroatoms. The number of hydrogen-bond donors (Lipinski definition) is 2. The van der Waals surface area contributed by atoms with E-state index in [2.05, 4.69) is 9.97 Å². The number of aromatic nitrogens is 2. The van der Waals surface area contributed by atoms with Gasteiger partial charge in [-0.3, -0.25) is 0 Å². The molecule has 2 aromatic carbocycles. The van der Waals surface area contributed by atoms with E-state index in [1.807, 2.05) is 42.5 Å². The van der Waals surface area contributed by atoms with Crippen molar-refractivity contribution in [2.75, 3.05) is 5.73 Å². The van der Waals surface area contributed by atoms with Crippen LogP contribution in [0, 0.1) is 0 Å². The second kappa shape index (κ2) is 5.15. The number of halogens is 1. The lowest BCUT2D eigenvalue weighted by Crippen LogP contribution is -1.85. The van der Waals surface area contributed by atoms with Crippen molar-refractivity contribution in [2.24, 2.45) is 0 Å². The van der Waals surface area contributed by atoms with Gasteiger partial charge in [-0.1, -0.05) is 35.5 Å². The summed E-state index contributed by atoms with van der Waals surface area (Å²) in [5.74, 6) is 0.855. The largest absolute Gasteiger partial charge is 0.399 e. The number of rotatable bonds is 3. The Morgan fingerprint density at radius 2 is 1.95 bits per heavy atom. The molecule has 3 N–H and O–H groups in total. The molecule has 0 amide bonds. The monoisotopic (exact) mass is 289 g/mol. The van der Waals surface area contributed by atoms with Gasteiger partial charge in [0, 0.05) is 16.5 Å². The Morgan fingerprint density at radius 1 is 1.16 bits per heavy atom. The van der Waals surface area contributed by atoms with Crippen molar-refractivity contribution >= 4 is 40.1 Å². The number of thioether (sulfide) groups is 1. The van der Waals surface area contributed by atoms with Crippen molar-refractivity contribution < 1.29 is 0 Å². The molecule has 0 aliphatic heterocycles. The fraction of sp³-hybridized carbons (Fsp3) is 0.0714. The molecule has 3 aromatic rings. The maximum atomic E-state index is 5.95. The van der Waals surface area contributed by atoms with Crippen LogP contribution in [0.25, 0.3) is 11.0 Å². The first kappa shape index (κ1) is 12.4. The zero-order chi connectivity index (χ0) is 13.2. The number of nitrogens with one attached hydrogen (secondary N) is 1.